The van der Waals surface area contributed by atoms with Gasteiger partial charge in [-0.2, -0.15) is 0 Å². The van der Waals surface area contributed by atoms with E-state index in [1.54, 1.807) is 20.3 Å². The second kappa shape index (κ2) is 8.89. The lowest BCUT2D eigenvalue weighted by atomic mass is 10.1. The standard InChI is InChI=1S/C20H23NO3/c1-15-8-10-19(24-3)16(12-15)9-11-20(22)21-13-17-6-4-5-7-18(17)14-23-2/h4-12H,13-14H2,1-3H3,(H,21,22)/b11-9+. The molecule has 24 heavy (non-hydrogen) atoms. The summed E-state index contributed by atoms with van der Waals surface area (Å²) in [6.45, 7) is 3.00. The van der Waals surface area contributed by atoms with Gasteiger partial charge in [0, 0.05) is 25.3 Å². The van der Waals surface area contributed by atoms with Gasteiger partial charge in [0.1, 0.15) is 5.75 Å². The zero-order valence-corrected chi connectivity index (χ0v) is 14.3. The molecule has 0 spiro atoms. The summed E-state index contributed by atoms with van der Waals surface area (Å²) in [6.07, 6.45) is 3.29. The predicted octanol–water partition coefficient (Wildman–Crippen LogP) is 3.48. The summed E-state index contributed by atoms with van der Waals surface area (Å²) in [6, 6.07) is 13.8. The molecule has 0 radical (unpaired) electrons. The first kappa shape index (κ1) is 17.8. The van der Waals surface area contributed by atoms with Gasteiger partial charge in [0.25, 0.3) is 0 Å². The third-order valence-electron chi connectivity index (χ3n) is 3.67. The number of hydrogen-bond donors (Lipinski definition) is 1. The van der Waals surface area contributed by atoms with E-state index in [2.05, 4.69) is 5.32 Å². The third-order valence-corrected chi connectivity index (χ3v) is 3.67. The fraction of sp³-hybridized carbons (Fsp3) is 0.250. The Hall–Kier alpha value is -2.59. The zero-order valence-electron chi connectivity index (χ0n) is 14.3. The Morgan fingerprint density at radius 3 is 2.58 bits per heavy atom. The van der Waals surface area contributed by atoms with Crippen LogP contribution in [-0.4, -0.2) is 20.1 Å². The van der Waals surface area contributed by atoms with Gasteiger partial charge in [0.05, 0.1) is 13.7 Å². The molecule has 0 aliphatic rings. The number of rotatable bonds is 7. The van der Waals surface area contributed by atoms with Crippen LogP contribution in [0.5, 0.6) is 5.75 Å². The summed E-state index contributed by atoms with van der Waals surface area (Å²) in [5.41, 5.74) is 4.12. The van der Waals surface area contributed by atoms with Crippen LogP contribution in [0, 0.1) is 6.92 Å². The van der Waals surface area contributed by atoms with E-state index in [4.69, 9.17) is 9.47 Å². The fourth-order valence-electron chi connectivity index (χ4n) is 2.42. The average molecular weight is 325 g/mol. The second-order valence-corrected chi connectivity index (χ2v) is 5.50. The highest BCUT2D eigenvalue weighted by Crippen LogP contribution is 2.20. The van der Waals surface area contributed by atoms with E-state index < -0.39 is 0 Å². The van der Waals surface area contributed by atoms with Crippen molar-refractivity contribution in [2.24, 2.45) is 0 Å². The van der Waals surface area contributed by atoms with Gasteiger partial charge in [0.15, 0.2) is 0 Å². The molecule has 4 nitrogen and oxygen atoms in total. The van der Waals surface area contributed by atoms with Crippen molar-refractivity contribution in [3.8, 4) is 5.75 Å². The summed E-state index contributed by atoms with van der Waals surface area (Å²) in [5.74, 6) is 0.598. The molecule has 0 unspecified atom stereocenters. The van der Waals surface area contributed by atoms with Crippen LogP contribution in [0.3, 0.4) is 0 Å². The Morgan fingerprint density at radius 1 is 1.12 bits per heavy atom. The van der Waals surface area contributed by atoms with Gasteiger partial charge in [-0.05, 0) is 36.3 Å². The Labute approximate surface area is 143 Å². The minimum Gasteiger partial charge on any atom is -0.496 e. The molecule has 2 aromatic rings. The maximum Gasteiger partial charge on any atom is 0.244 e. The summed E-state index contributed by atoms with van der Waals surface area (Å²) in [4.78, 5) is 12.1. The van der Waals surface area contributed by atoms with E-state index >= 15 is 0 Å². The van der Waals surface area contributed by atoms with Crippen molar-refractivity contribution in [1.82, 2.24) is 5.32 Å². The van der Waals surface area contributed by atoms with Gasteiger partial charge in [-0.15, -0.1) is 0 Å². The van der Waals surface area contributed by atoms with Crippen molar-refractivity contribution in [1.29, 1.82) is 0 Å². The maximum absolute atomic E-state index is 12.1. The first-order valence-corrected chi connectivity index (χ1v) is 7.80. The lowest BCUT2D eigenvalue weighted by Gasteiger charge is -2.09. The van der Waals surface area contributed by atoms with Crippen molar-refractivity contribution in [3.05, 3.63) is 70.8 Å². The molecule has 0 aromatic heterocycles. The Balaban J connectivity index is 2.00. The molecule has 0 aliphatic carbocycles. The molecular weight excluding hydrogens is 302 g/mol. The van der Waals surface area contributed by atoms with Gasteiger partial charge in [0.2, 0.25) is 5.91 Å². The summed E-state index contributed by atoms with van der Waals surface area (Å²) in [5, 5.41) is 2.90. The molecule has 0 aliphatic heterocycles. The minimum absolute atomic E-state index is 0.147. The lowest BCUT2D eigenvalue weighted by molar-refractivity contribution is -0.116. The fourth-order valence-corrected chi connectivity index (χ4v) is 2.42. The van der Waals surface area contributed by atoms with E-state index in [1.165, 1.54) is 6.08 Å². The Morgan fingerprint density at radius 2 is 1.88 bits per heavy atom. The molecule has 126 valence electrons. The van der Waals surface area contributed by atoms with Gasteiger partial charge < -0.3 is 14.8 Å². The van der Waals surface area contributed by atoms with Crippen molar-refractivity contribution < 1.29 is 14.3 Å². The van der Waals surface area contributed by atoms with Crippen LogP contribution < -0.4 is 10.1 Å². The van der Waals surface area contributed by atoms with Crippen molar-refractivity contribution in [2.45, 2.75) is 20.1 Å². The molecule has 0 heterocycles. The van der Waals surface area contributed by atoms with E-state index in [1.807, 2.05) is 49.4 Å². The van der Waals surface area contributed by atoms with Crippen molar-refractivity contribution >= 4 is 12.0 Å². The SMILES string of the molecule is COCc1ccccc1CNC(=O)/C=C/c1cc(C)ccc1OC. The molecule has 4 heteroatoms. The highest BCUT2D eigenvalue weighted by atomic mass is 16.5. The van der Waals surface area contributed by atoms with Crippen molar-refractivity contribution in [3.63, 3.8) is 0 Å². The molecule has 0 fully saturated rings. The molecule has 0 saturated heterocycles. The summed E-state index contributed by atoms with van der Waals surface area (Å²) in [7, 11) is 3.28. The number of ether oxygens (including phenoxy) is 2. The smallest absolute Gasteiger partial charge is 0.244 e. The topological polar surface area (TPSA) is 47.6 Å². The molecule has 0 atom stereocenters. The van der Waals surface area contributed by atoms with Crippen LogP contribution in [0.4, 0.5) is 0 Å². The minimum atomic E-state index is -0.147. The van der Waals surface area contributed by atoms with Crippen LogP contribution in [0.15, 0.2) is 48.5 Å². The molecule has 1 amide bonds. The van der Waals surface area contributed by atoms with Crippen molar-refractivity contribution in [2.75, 3.05) is 14.2 Å². The number of carbonyl (C=O) groups excluding carboxylic acids is 1. The first-order chi connectivity index (χ1) is 11.6. The molecule has 2 aromatic carbocycles. The number of methoxy groups -OCH3 is 2. The molecule has 1 N–H and O–H groups in total. The van der Waals surface area contributed by atoms with Crippen LogP contribution in [0.25, 0.3) is 6.08 Å². The van der Waals surface area contributed by atoms with Crippen LogP contribution in [-0.2, 0) is 22.7 Å². The van der Waals surface area contributed by atoms with E-state index in [-0.39, 0.29) is 5.91 Å². The second-order valence-electron chi connectivity index (χ2n) is 5.50. The number of nitrogens with one attached hydrogen (secondary N) is 1. The Kier molecular flexibility index (Phi) is 6.58. The normalized spacial score (nSPS) is 10.8. The van der Waals surface area contributed by atoms with E-state index in [9.17, 15) is 4.79 Å². The number of hydrogen-bond acceptors (Lipinski definition) is 3. The Bertz CT molecular complexity index is 723. The number of benzene rings is 2. The van der Waals surface area contributed by atoms with E-state index in [0.29, 0.717) is 13.2 Å². The third kappa shape index (κ3) is 4.96. The highest BCUT2D eigenvalue weighted by molar-refractivity contribution is 5.92. The lowest BCUT2D eigenvalue weighted by Crippen LogP contribution is -2.21. The highest BCUT2D eigenvalue weighted by Gasteiger charge is 2.04. The zero-order chi connectivity index (χ0) is 17.4. The predicted molar refractivity (Wildman–Crippen MR) is 95.8 cm³/mol. The largest absolute Gasteiger partial charge is 0.496 e. The van der Waals surface area contributed by atoms with Gasteiger partial charge >= 0.3 is 0 Å². The number of amides is 1. The molecular formula is C20H23NO3. The molecule has 2 rings (SSSR count). The van der Waals surface area contributed by atoms with Gasteiger partial charge in [-0.25, -0.2) is 0 Å². The summed E-state index contributed by atoms with van der Waals surface area (Å²) >= 11 is 0. The van der Waals surface area contributed by atoms with Crippen LogP contribution in [0.2, 0.25) is 0 Å². The van der Waals surface area contributed by atoms with Gasteiger partial charge in [-0.1, -0.05) is 35.9 Å². The van der Waals surface area contributed by atoms with Crippen LogP contribution in [0.1, 0.15) is 22.3 Å². The number of aryl methyl sites for hydroxylation is 1. The molecule has 0 saturated carbocycles. The number of carbonyl (C=O) groups is 1. The quantitative estimate of drug-likeness (QED) is 0.793. The molecule has 0 bridgehead atoms. The van der Waals surface area contributed by atoms with E-state index in [0.717, 1.165) is 28.0 Å². The summed E-state index contributed by atoms with van der Waals surface area (Å²) < 4.78 is 10.5. The van der Waals surface area contributed by atoms with Gasteiger partial charge in [-0.3, -0.25) is 4.79 Å². The van der Waals surface area contributed by atoms with Crippen LogP contribution >= 0.6 is 0 Å². The maximum atomic E-state index is 12.1. The average Bonchev–Trinajstić information content (AvgIpc) is 2.59. The monoisotopic (exact) mass is 325 g/mol. The first-order valence-electron chi connectivity index (χ1n) is 7.80.